The van der Waals surface area contributed by atoms with Gasteiger partial charge in [-0.1, -0.05) is 29.8 Å². The van der Waals surface area contributed by atoms with Crippen molar-refractivity contribution < 1.29 is 33.3 Å². The summed E-state index contributed by atoms with van der Waals surface area (Å²) in [7, 11) is 3.75. The first kappa shape index (κ1) is 22.8. The number of methoxy groups -OCH3 is 3. The topological polar surface area (TPSA) is 106 Å². The van der Waals surface area contributed by atoms with Crippen molar-refractivity contribution in [3.05, 3.63) is 58.7 Å². The summed E-state index contributed by atoms with van der Waals surface area (Å²) in [6.07, 6.45) is 0. The van der Waals surface area contributed by atoms with E-state index in [2.05, 4.69) is 5.10 Å². The molecule has 0 aliphatic rings. The number of ether oxygens (including phenoxy) is 4. The zero-order valence-corrected chi connectivity index (χ0v) is 18.4. The molecule has 0 N–H and O–H groups in total. The summed E-state index contributed by atoms with van der Waals surface area (Å²) in [6.45, 7) is 1.23. The molecule has 0 radical (unpaired) electrons. The van der Waals surface area contributed by atoms with Crippen LogP contribution >= 0.6 is 11.6 Å². The smallest absolute Gasteiger partial charge is 0.357 e. The van der Waals surface area contributed by atoms with E-state index in [1.807, 2.05) is 0 Å². The molecule has 0 saturated carbocycles. The number of benzene rings is 2. The van der Waals surface area contributed by atoms with Gasteiger partial charge in [0.2, 0.25) is 0 Å². The van der Waals surface area contributed by atoms with Crippen molar-refractivity contribution in [3.63, 3.8) is 0 Å². The largest absolute Gasteiger partial charge is 0.493 e. The summed E-state index contributed by atoms with van der Waals surface area (Å²) < 4.78 is 21.5. The van der Waals surface area contributed by atoms with Crippen molar-refractivity contribution in [2.24, 2.45) is 0 Å². The standard InChI is InChI=1S/C22H19ClN2O7/c1-12(26)32-20-15(23)10-13(11-16(20)29-2)18-17(21(27)30-3)19(22(28)31-4)25(24-18)14-8-6-5-7-9-14/h5-11H,1-4H3. The molecular weight excluding hydrogens is 440 g/mol. The first-order chi connectivity index (χ1) is 15.3. The van der Waals surface area contributed by atoms with Gasteiger partial charge in [0.05, 0.1) is 32.0 Å². The quantitative estimate of drug-likeness (QED) is 0.406. The second-order valence-corrected chi connectivity index (χ2v) is 6.79. The second kappa shape index (κ2) is 9.52. The third-order valence-electron chi connectivity index (χ3n) is 4.40. The highest BCUT2D eigenvalue weighted by molar-refractivity contribution is 6.32. The maximum Gasteiger partial charge on any atom is 0.357 e. The Kier molecular flexibility index (Phi) is 6.79. The molecule has 32 heavy (non-hydrogen) atoms. The zero-order valence-electron chi connectivity index (χ0n) is 17.7. The van der Waals surface area contributed by atoms with E-state index in [9.17, 15) is 14.4 Å². The summed E-state index contributed by atoms with van der Waals surface area (Å²) in [6, 6.07) is 11.6. The number of carbonyl (C=O) groups excluding carboxylic acids is 3. The number of rotatable bonds is 6. The maximum absolute atomic E-state index is 12.7. The van der Waals surface area contributed by atoms with Crippen LogP contribution in [0.4, 0.5) is 0 Å². The van der Waals surface area contributed by atoms with Gasteiger partial charge >= 0.3 is 17.9 Å². The van der Waals surface area contributed by atoms with E-state index in [1.54, 1.807) is 30.3 Å². The number of aromatic nitrogens is 2. The van der Waals surface area contributed by atoms with E-state index in [-0.39, 0.29) is 33.5 Å². The molecule has 0 atom stereocenters. The molecule has 2 aromatic carbocycles. The van der Waals surface area contributed by atoms with Crippen molar-refractivity contribution >= 4 is 29.5 Å². The lowest BCUT2D eigenvalue weighted by Gasteiger charge is -2.12. The van der Waals surface area contributed by atoms with E-state index >= 15 is 0 Å². The normalized spacial score (nSPS) is 10.4. The third kappa shape index (κ3) is 4.28. The van der Waals surface area contributed by atoms with Gasteiger partial charge in [0.15, 0.2) is 17.2 Å². The van der Waals surface area contributed by atoms with Crippen LogP contribution in [0.25, 0.3) is 16.9 Å². The lowest BCUT2D eigenvalue weighted by molar-refractivity contribution is -0.132. The third-order valence-corrected chi connectivity index (χ3v) is 4.68. The molecule has 3 rings (SSSR count). The van der Waals surface area contributed by atoms with E-state index in [4.69, 9.17) is 30.5 Å². The van der Waals surface area contributed by atoms with Crippen molar-refractivity contribution in [3.8, 4) is 28.4 Å². The van der Waals surface area contributed by atoms with Gasteiger partial charge in [0, 0.05) is 12.5 Å². The molecule has 9 nitrogen and oxygen atoms in total. The number of carbonyl (C=O) groups is 3. The minimum absolute atomic E-state index is 0.0146. The van der Waals surface area contributed by atoms with E-state index in [0.717, 1.165) is 0 Å². The lowest BCUT2D eigenvalue weighted by Crippen LogP contribution is -2.15. The van der Waals surface area contributed by atoms with Crippen LogP contribution in [-0.2, 0) is 14.3 Å². The Hall–Kier alpha value is -3.85. The number of halogens is 1. The summed E-state index contributed by atoms with van der Waals surface area (Å²) in [5, 5.41) is 4.53. The maximum atomic E-state index is 12.7. The van der Waals surface area contributed by atoms with E-state index in [0.29, 0.717) is 11.3 Å². The van der Waals surface area contributed by atoms with Crippen LogP contribution in [0.3, 0.4) is 0 Å². The Morgan fingerprint density at radius 2 is 1.62 bits per heavy atom. The molecule has 0 aliphatic carbocycles. The summed E-state index contributed by atoms with van der Waals surface area (Å²) in [5.41, 5.74) is 0.679. The molecule has 166 valence electrons. The van der Waals surface area contributed by atoms with E-state index < -0.39 is 17.9 Å². The van der Waals surface area contributed by atoms with Gasteiger partial charge in [-0.15, -0.1) is 0 Å². The molecular formula is C22H19ClN2O7. The molecule has 0 saturated heterocycles. The Balaban J connectivity index is 2.35. The van der Waals surface area contributed by atoms with Crippen LogP contribution in [0.15, 0.2) is 42.5 Å². The monoisotopic (exact) mass is 458 g/mol. The van der Waals surface area contributed by atoms with Crippen LogP contribution in [0.5, 0.6) is 11.5 Å². The highest BCUT2D eigenvalue weighted by Gasteiger charge is 2.32. The minimum Gasteiger partial charge on any atom is -0.493 e. The van der Waals surface area contributed by atoms with Crippen molar-refractivity contribution in [2.75, 3.05) is 21.3 Å². The lowest BCUT2D eigenvalue weighted by atomic mass is 10.0. The van der Waals surface area contributed by atoms with Crippen LogP contribution < -0.4 is 9.47 Å². The van der Waals surface area contributed by atoms with Gasteiger partial charge in [-0.3, -0.25) is 4.79 Å². The fourth-order valence-corrected chi connectivity index (χ4v) is 3.31. The molecule has 0 amide bonds. The molecule has 1 heterocycles. The predicted molar refractivity (Wildman–Crippen MR) is 115 cm³/mol. The van der Waals surface area contributed by atoms with Crippen molar-refractivity contribution in [2.45, 2.75) is 6.92 Å². The van der Waals surface area contributed by atoms with Crippen LogP contribution in [0.2, 0.25) is 5.02 Å². The van der Waals surface area contributed by atoms with Gasteiger partial charge in [-0.05, 0) is 24.3 Å². The summed E-state index contributed by atoms with van der Waals surface area (Å²) in [5.74, 6) is -2.04. The van der Waals surface area contributed by atoms with Crippen LogP contribution in [0.1, 0.15) is 27.8 Å². The Bertz CT molecular complexity index is 1190. The predicted octanol–water partition coefficient (Wildman–Crippen LogP) is 3.70. The molecule has 3 aromatic rings. The highest BCUT2D eigenvalue weighted by Crippen LogP contribution is 2.41. The van der Waals surface area contributed by atoms with Gasteiger partial charge in [-0.25, -0.2) is 14.3 Å². The zero-order chi connectivity index (χ0) is 23.4. The molecule has 0 aliphatic heterocycles. The molecule has 0 fully saturated rings. The number of esters is 3. The molecule has 1 aromatic heterocycles. The summed E-state index contributed by atoms with van der Waals surface area (Å²) in [4.78, 5) is 36.8. The fraction of sp³-hybridized carbons (Fsp3) is 0.182. The van der Waals surface area contributed by atoms with E-state index in [1.165, 1.54) is 45.1 Å². The average Bonchev–Trinajstić information content (AvgIpc) is 3.20. The first-order valence-corrected chi connectivity index (χ1v) is 9.61. The van der Waals surface area contributed by atoms with Crippen LogP contribution in [0, 0.1) is 0 Å². The SMILES string of the molecule is COC(=O)c1c(-c2cc(Cl)c(OC(C)=O)c(OC)c2)nn(-c2ccccc2)c1C(=O)OC. The Morgan fingerprint density at radius 1 is 0.969 bits per heavy atom. The highest BCUT2D eigenvalue weighted by atomic mass is 35.5. The van der Waals surface area contributed by atoms with Gasteiger partial charge < -0.3 is 18.9 Å². The Morgan fingerprint density at radius 3 is 2.19 bits per heavy atom. The van der Waals surface area contributed by atoms with Crippen LogP contribution in [-0.4, -0.2) is 49.0 Å². The number of hydrogen-bond acceptors (Lipinski definition) is 8. The fourth-order valence-electron chi connectivity index (χ4n) is 3.06. The second-order valence-electron chi connectivity index (χ2n) is 6.39. The average molecular weight is 459 g/mol. The summed E-state index contributed by atoms with van der Waals surface area (Å²) >= 11 is 6.33. The molecule has 10 heteroatoms. The Labute approximate surface area is 188 Å². The van der Waals surface area contributed by atoms with Gasteiger partial charge in [0.1, 0.15) is 11.3 Å². The van der Waals surface area contributed by atoms with Gasteiger partial charge in [0.25, 0.3) is 0 Å². The minimum atomic E-state index is -0.804. The number of hydrogen-bond donors (Lipinski definition) is 0. The van der Waals surface area contributed by atoms with Crippen molar-refractivity contribution in [1.82, 2.24) is 9.78 Å². The van der Waals surface area contributed by atoms with Gasteiger partial charge in [-0.2, -0.15) is 5.10 Å². The first-order valence-electron chi connectivity index (χ1n) is 9.23. The number of para-hydroxylation sites is 1. The molecule has 0 spiro atoms. The van der Waals surface area contributed by atoms with Crippen molar-refractivity contribution in [1.29, 1.82) is 0 Å². The number of nitrogens with zero attached hydrogens (tertiary/aromatic N) is 2. The molecule has 0 unspecified atom stereocenters. The molecule has 0 bridgehead atoms.